The molecule has 3 heterocycles. The van der Waals surface area contributed by atoms with Gasteiger partial charge in [-0.2, -0.15) is 0 Å². The Kier molecular flexibility index (Phi) is 6.55. The summed E-state index contributed by atoms with van der Waals surface area (Å²) in [6.07, 6.45) is 1.79. The first-order valence-electron chi connectivity index (χ1n) is 10.7. The summed E-state index contributed by atoms with van der Waals surface area (Å²) < 4.78 is 0. The average Bonchev–Trinajstić information content (AvgIpc) is 3.53. The number of nitrogens with one attached hydrogen (secondary N) is 1. The van der Waals surface area contributed by atoms with Gasteiger partial charge in [0.1, 0.15) is 0 Å². The minimum atomic E-state index is -0.00729. The van der Waals surface area contributed by atoms with Crippen molar-refractivity contribution >= 4 is 34.9 Å². The number of thiophene rings is 1. The van der Waals surface area contributed by atoms with Crippen molar-refractivity contribution in [2.75, 3.05) is 40.3 Å². The highest BCUT2D eigenvalue weighted by Gasteiger charge is 2.35. The summed E-state index contributed by atoms with van der Waals surface area (Å²) in [4.78, 5) is 33.2. The normalized spacial score (nSPS) is 20.8. The Morgan fingerprint density at radius 2 is 1.94 bits per heavy atom. The van der Waals surface area contributed by atoms with Crippen molar-refractivity contribution in [2.45, 2.75) is 31.8 Å². The van der Waals surface area contributed by atoms with Gasteiger partial charge < -0.3 is 20.0 Å². The molecule has 6 nitrogen and oxygen atoms in total. The maximum Gasteiger partial charge on any atom is 0.320 e. The molecule has 1 aromatic carbocycles. The van der Waals surface area contributed by atoms with Crippen molar-refractivity contribution < 1.29 is 9.59 Å². The molecule has 166 valence electrons. The van der Waals surface area contributed by atoms with Crippen LogP contribution in [0, 0.1) is 6.92 Å². The quantitative estimate of drug-likeness (QED) is 0.751. The molecule has 2 aliphatic heterocycles. The van der Waals surface area contributed by atoms with Crippen LogP contribution in [0.5, 0.6) is 0 Å². The summed E-state index contributed by atoms with van der Waals surface area (Å²) >= 11 is 7.86. The van der Waals surface area contributed by atoms with Gasteiger partial charge in [0.05, 0.1) is 10.9 Å². The molecule has 0 spiro atoms. The number of halogens is 1. The summed E-state index contributed by atoms with van der Waals surface area (Å²) in [7, 11) is 3.72. The zero-order chi connectivity index (χ0) is 22.1. The van der Waals surface area contributed by atoms with Gasteiger partial charge in [0.15, 0.2) is 0 Å². The second-order valence-electron chi connectivity index (χ2n) is 8.49. The van der Waals surface area contributed by atoms with Crippen molar-refractivity contribution in [1.29, 1.82) is 0 Å². The number of amides is 3. The van der Waals surface area contributed by atoms with Gasteiger partial charge in [-0.25, -0.2) is 4.79 Å². The van der Waals surface area contributed by atoms with E-state index in [1.165, 1.54) is 11.3 Å². The van der Waals surface area contributed by atoms with E-state index in [0.29, 0.717) is 23.0 Å². The molecule has 2 aliphatic rings. The number of hydrogen-bond acceptors (Lipinski definition) is 4. The van der Waals surface area contributed by atoms with E-state index in [1.807, 2.05) is 61.2 Å². The molecule has 2 aromatic rings. The fourth-order valence-electron chi connectivity index (χ4n) is 4.34. The third-order valence-electron chi connectivity index (χ3n) is 6.39. The molecular weight excluding hydrogens is 432 g/mol. The second kappa shape index (κ2) is 9.18. The number of carbonyl (C=O) groups excluding carboxylic acids is 2. The summed E-state index contributed by atoms with van der Waals surface area (Å²) in [5.41, 5.74) is 2.05. The molecule has 8 heteroatoms. The fourth-order valence-corrected chi connectivity index (χ4v) is 5.76. The number of urea groups is 1. The third-order valence-corrected chi connectivity index (χ3v) is 7.81. The van der Waals surface area contributed by atoms with E-state index in [-0.39, 0.29) is 24.0 Å². The van der Waals surface area contributed by atoms with Crippen molar-refractivity contribution in [3.63, 3.8) is 0 Å². The van der Waals surface area contributed by atoms with Gasteiger partial charge >= 0.3 is 6.03 Å². The average molecular weight is 461 g/mol. The summed E-state index contributed by atoms with van der Waals surface area (Å²) in [5, 5.41) is 4.00. The van der Waals surface area contributed by atoms with E-state index in [9.17, 15) is 9.59 Å². The lowest BCUT2D eigenvalue weighted by molar-refractivity contribution is 0.0739. The predicted molar refractivity (Wildman–Crippen MR) is 126 cm³/mol. The number of likely N-dealkylation sites (N-methyl/N-ethyl adjacent to an activating group) is 2. The number of aryl methyl sites for hydroxylation is 1. The zero-order valence-electron chi connectivity index (χ0n) is 18.2. The smallest absolute Gasteiger partial charge is 0.320 e. The van der Waals surface area contributed by atoms with Gasteiger partial charge in [0.25, 0.3) is 5.91 Å². The highest BCUT2D eigenvalue weighted by Crippen LogP contribution is 2.34. The van der Waals surface area contributed by atoms with E-state index < -0.39 is 0 Å². The van der Waals surface area contributed by atoms with Gasteiger partial charge in [-0.05, 0) is 50.1 Å². The van der Waals surface area contributed by atoms with Crippen LogP contribution < -0.4 is 5.32 Å². The Hall–Kier alpha value is -2.09. The summed E-state index contributed by atoms with van der Waals surface area (Å²) in [6.45, 7) is 5.07. The van der Waals surface area contributed by atoms with E-state index in [1.54, 1.807) is 4.90 Å². The van der Waals surface area contributed by atoms with Crippen molar-refractivity contribution in [1.82, 2.24) is 20.0 Å². The largest absolute Gasteiger partial charge is 0.336 e. The number of benzene rings is 1. The minimum Gasteiger partial charge on any atom is -0.336 e. The second-order valence-corrected chi connectivity index (χ2v) is 9.98. The Morgan fingerprint density at radius 3 is 2.65 bits per heavy atom. The van der Waals surface area contributed by atoms with Crippen LogP contribution in [0.2, 0.25) is 5.02 Å². The van der Waals surface area contributed by atoms with Crippen LogP contribution in [-0.2, 0) is 0 Å². The van der Waals surface area contributed by atoms with E-state index in [2.05, 4.69) is 5.32 Å². The van der Waals surface area contributed by atoms with Crippen LogP contribution in [0.25, 0.3) is 10.4 Å². The molecule has 0 unspecified atom stereocenters. The van der Waals surface area contributed by atoms with Gasteiger partial charge in [0, 0.05) is 55.2 Å². The summed E-state index contributed by atoms with van der Waals surface area (Å²) in [5.74, 6) is -0.00729. The molecule has 0 radical (unpaired) electrons. The Morgan fingerprint density at radius 1 is 1.13 bits per heavy atom. The number of rotatable bonds is 4. The molecular formula is C23H29ClN4O2S. The van der Waals surface area contributed by atoms with Crippen molar-refractivity contribution in [2.24, 2.45) is 0 Å². The molecule has 2 atom stereocenters. The molecule has 1 aromatic heterocycles. The van der Waals surface area contributed by atoms with Gasteiger partial charge in [0.2, 0.25) is 0 Å². The predicted octanol–water partition coefficient (Wildman–Crippen LogP) is 3.94. The zero-order valence-corrected chi connectivity index (χ0v) is 19.8. The van der Waals surface area contributed by atoms with Crippen LogP contribution in [0.3, 0.4) is 0 Å². The lowest BCUT2D eigenvalue weighted by atomic mass is 10.1. The maximum atomic E-state index is 13.1. The van der Waals surface area contributed by atoms with Gasteiger partial charge in [-0.1, -0.05) is 23.7 Å². The monoisotopic (exact) mass is 460 g/mol. The molecule has 1 N–H and O–H groups in total. The molecule has 31 heavy (non-hydrogen) atoms. The van der Waals surface area contributed by atoms with Gasteiger partial charge in [-0.15, -0.1) is 11.3 Å². The van der Waals surface area contributed by atoms with Crippen LogP contribution in [0.4, 0.5) is 4.79 Å². The number of likely N-dealkylation sites (tertiary alicyclic amines) is 1. The number of nitrogens with zero attached hydrogens (tertiary/aromatic N) is 3. The van der Waals surface area contributed by atoms with Crippen LogP contribution in [0.15, 0.2) is 30.3 Å². The highest BCUT2D eigenvalue weighted by atomic mass is 35.5. The lowest BCUT2D eigenvalue weighted by Gasteiger charge is -2.30. The lowest BCUT2D eigenvalue weighted by Crippen LogP contribution is -2.47. The first-order valence-corrected chi connectivity index (χ1v) is 11.9. The first kappa shape index (κ1) is 22.1. The molecule has 0 bridgehead atoms. The molecule has 2 fully saturated rings. The molecule has 0 aliphatic carbocycles. The Bertz CT molecular complexity index is 972. The van der Waals surface area contributed by atoms with Gasteiger partial charge in [-0.3, -0.25) is 4.79 Å². The highest BCUT2D eigenvalue weighted by molar-refractivity contribution is 7.17. The standard InChI is InChI=1S/C23H29ClN4O2S/c1-15-4-5-18(19(24)12-15)20-6-7-21(31-20)22(29)26(2)17-9-11-28(14-17)23(30)27(3)16-8-10-25-13-16/h4-7,12,16-17,25H,8-11,13-14H2,1-3H3/t16-,17+/m1/s1. The van der Waals surface area contributed by atoms with E-state index in [4.69, 9.17) is 11.6 Å². The summed E-state index contributed by atoms with van der Waals surface area (Å²) in [6, 6.07) is 10.1. The van der Waals surface area contributed by atoms with Crippen LogP contribution in [0.1, 0.15) is 28.1 Å². The molecule has 4 rings (SSSR count). The Balaban J connectivity index is 1.40. The van der Waals surface area contributed by atoms with Crippen molar-refractivity contribution in [3.8, 4) is 10.4 Å². The first-order chi connectivity index (χ1) is 14.8. The molecule has 3 amide bonds. The van der Waals surface area contributed by atoms with Crippen molar-refractivity contribution in [3.05, 3.63) is 45.8 Å². The minimum absolute atomic E-state index is 0.00729. The number of hydrogen-bond donors (Lipinski definition) is 1. The number of carbonyl (C=O) groups is 2. The third kappa shape index (κ3) is 4.59. The fraction of sp³-hybridized carbons (Fsp3) is 0.478. The molecule has 2 saturated heterocycles. The van der Waals surface area contributed by atoms with Crippen LogP contribution in [-0.4, -0.2) is 79.0 Å². The topological polar surface area (TPSA) is 55.9 Å². The van der Waals surface area contributed by atoms with E-state index in [0.717, 1.165) is 41.9 Å². The Labute approximate surface area is 192 Å². The molecule has 0 saturated carbocycles. The van der Waals surface area contributed by atoms with E-state index >= 15 is 0 Å². The van der Waals surface area contributed by atoms with Crippen LogP contribution >= 0.6 is 22.9 Å². The SMILES string of the molecule is Cc1ccc(-c2ccc(C(=O)N(C)[C@H]3CCN(C(=O)N(C)[C@@H]4CCNC4)C3)s2)c(Cl)c1. The maximum absolute atomic E-state index is 13.1.